The summed E-state index contributed by atoms with van der Waals surface area (Å²) in [4.78, 5) is 9.46. The number of anilines is 1. The number of fused-ring (bicyclic) bond motifs is 4. The zero-order valence-corrected chi connectivity index (χ0v) is 28.1. The van der Waals surface area contributed by atoms with Gasteiger partial charge in [0.25, 0.3) is 0 Å². The minimum atomic E-state index is 0.0715. The summed E-state index contributed by atoms with van der Waals surface area (Å²) >= 11 is 0. The van der Waals surface area contributed by atoms with Crippen molar-refractivity contribution in [2.75, 3.05) is 4.90 Å². The van der Waals surface area contributed by atoms with Gasteiger partial charge in [-0.15, -0.1) is 0 Å². The highest BCUT2D eigenvalue weighted by Crippen LogP contribution is 2.39. The molecule has 238 valence electrons. The van der Waals surface area contributed by atoms with Crippen molar-refractivity contribution in [1.29, 1.82) is 0 Å². The third kappa shape index (κ3) is 5.26. The molecule has 0 aliphatic carbocycles. The second kappa shape index (κ2) is 11.6. The van der Waals surface area contributed by atoms with Crippen LogP contribution in [0.1, 0.15) is 57.2 Å². The van der Waals surface area contributed by atoms with Crippen molar-refractivity contribution in [2.24, 2.45) is 0 Å². The molecule has 0 radical (unpaired) electrons. The number of hydrogen-bond acceptors (Lipinski definition) is 4. The lowest BCUT2D eigenvalue weighted by molar-refractivity contribution is 0.470. The number of hydrogen-bond donors (Lipinski definition) is 0. The topological polar surface area (TPSA) is 33.5 Å². The zero-order chi connectivity index (χ0) is 33.0. The van der Waals surface area contributed by atoms with Gasteiger partial charge in [0.1, 0.15) is 23.5 Å². The van der Waals surface area contributed by atoms with Gasteiger partial charge in [0, 0.05) is 46.7 Å². The van der Waals surface area contributed by atoms with Gasteiger partial charge >= 0.3 is 0 Å². The molecule has 6 aromatic rings. The van der Waals surface area contributed by atoms with Crippen LogP contribution in [0.4, 0.5) is 5.69 Å². The van der Waals surface area contributed by atoms with Crippen molar-refractivity contribution in [2.45, 2.75) is 52.1 Å². The molecule has 5 nitrogen and oxygen atoms in total. The third-order valence-corrected chi connectivity index (χ3v) is 9.46. The molecule has 1 unspecified atom stereocenters. The Morgan fingerprint density at radius 2 is 1.52 bits per heavy atom. The summed E-state index contributed by atoms with van der Waals surface area (Å²) < 4.78 is 8.86. The number of para-hydroxylation sites is 1. The van der Waals surface area contributed by atoms with E-state index in [1.165, 1.54) is 21.9 Å². The molecular formula is C43H40N4O. The summed E-state index contributed by atoms with van der Waals surface area (Å²) in [5.74, 6) is 2.89. The molecular weight excluding hydrogens is 589 g/mol. The predicted octanol–water partition coefficient (Wildman–Crippen LogP) is 10.9. The Hall–Kier alpha value is -5.55. The van der Waals surface area contributed by atoms with Crippen LogP contribution in [0.5, 0.6) is 11.5 Å². The molecule has 0 amide bonds. The number of benzene rings is 4. The number of pyridine rings is 1. The number of ether oxygens (including phenoxy) is 1. The normalized spacial score (nSPS) is 15.9. The van der Waals surface area contributed by atoms with Crippen LogP contribution in [0.15, 0.2) is 140 Å². The molecule has 0 saturated carbocycles. The van der Waals surface area contributed by atoms with E-state index in [0.717, 1.165) is 45.3 Å². The summed E-state index contributed by atoms with van der Waals surface area (Å²) in [6, 6.07) is 36.5. The largest absolute Gasteiger partial charge is 0.457 e. The van der Waals surface area contributed by atoms with Gasteiger partial charge in [0.05, 0.1) is 16.7 Å². The lowest BCUT2D eigenvalue weighted by Crippen LogP contribution is -2.36. The summed E-state index contributed by atoms with van der Waals surface area (Å²) in [7, 11) is 0. The van der Waals surface area contributed by atoms with Crippen molar-refractivity contribution in [3.63, 3.8) is 0 Å². The molecule has 4 heterocycles. The van der Waals surface area contributed by atoms with E-state index < -0.39 is 0 Å². The quantitative estimate of drug-likeness (QED) is 0.184. The fourth-order valence-electron chi connectivity index (χ4n) is 6.83. The maximum atomic E-state index is 6.60. The van der Waals surface area contributed by atoms with Crippen LogP contribution in [-0.2, 0) is 5.41 Å². The lowest BCUT2D eigenvalue weighted by Gasteiger charge is -2.31. The molecule has 0 N–H and O–H groups in total. The van der Waals surface area contributed by atoms with Crippen LogP contribution in [0, 0.1) is 0 Å². The average molecular weight is 629 g/mol. The Morgan fingerprint density at radius 3 is 2.33 bits per heavy atom. The van der Waals surface area contributed by atoms with Gasteiger partial charge in [-0.25, -0.2) is 4.98 Å². The summed E-state index contributed by atoms with van der Waals surface area (Å²) in [6.07, 6.45) is 12.8. The fraction of sp³-hybridized carbons (Fsp3) is 0.186. The van der Waals surface area contributed by atoms with Gasteiger partial charge in [-0.1, -0.05) is 83.2 Å². The minimum absolute atomic E-state index is 0.0715. The van der Waals surface area contributed by atoms with Crippen LogP contribution in [0.3, 0.4) is 0 Å². The van der Waals surface area contributed by atoms with E-state index in [9.17, 15) is 0 Å². The molecule has 2 aromatic heterocycles. The summed E-state index contributed by atoms with van der Waals surface area (Å²) in [6.45, 7) is 11.2. The van der Waals surface area contributed by atoms with Crippen molar-refractivity contribution >= 4 is 33.2 Å². The Bertz CT molecular complexity index is 2250. The fourth-order valence-corrected chi connectivity index (χ4v) is 6.83. The highest BCUT2D eigenvalue weighted by molar-refractivity contribution is 6.09. The molecule has 0 bridgehead atoms. The Balaban J connectivity index is 1.15. The molecule has 0 fully saturated rings. The van der Waals surface area contributed by atoms with Gasteiger partial charge in [-0.2, -0.15) is 0 Å². The van der Waals surface area contributed by atoms with Crippen molar-refractivity contribution < 1.29 is 4.74 Å². The standard InChI is InChI=1S/C43H40N4O/c1-29(2)30-22-23-44-41(26-30)47-38-14-7-6-13-36(38)37-21-20-35(27-39(37)47)48-34-12-10-11-31(25-34)40-28-46(42-15-8-9-24-45(40)42)33-18-16-32(17-19-33)43(3,4)5/h6-29,42H,1-5H3. The molecule has 0 saturated heterocycles. The van der Waals surface area contributed by atoms with Crippen LogP contribution >= 0.6 is 0 Å². The van der Waals surface area contributed by atoms with E-state index in [4.69, 9.17) is 9.72 Å². The highest BCUT2D eigenvalue weighted by atomic mass is 16.5. The number of rotatable bonds is 6. The molecule has 5 heteroatoms. The van der Waals surface area contributed by atoms with Gasteiger partial charge in [-0.3, -0.25) is 4.57 Å². The number of nitrogens with zero attached hydrogens (tertiary/aromatic N) is 4. The monoisotopic (exact) mass is 628 g/mol. The van der Waals surface area contributed by atoms with E-state index >= 15 is 0 Å². The molecule has 2 aliphatic heterocycles. The van der Waals surface area contributed by atoms with Gasteiger partial charge < -0.3 is 14.5 Å². The van der Waals surface area contributed by atoms with Crippen molar-refractivity contribution in [1.82, 2.24) is 14.5 Å². The Kier molecular flexibility index (Phi) is 7.21. The van der Waals surface area contributed by atoms with Crippen LogP contribution in [0.2, 0.25) is 0 Å². The SMILES string of the molecule is CC(C)c1ccnc(-n2c3ccccc3c3ccc(Oc4cccc(C5=CN(c6ccc(C(C)(C)C)cc6)C6C=CC=CN56)c4)cc32)c1. The minimum Gasteiger partial charge on any atom is -0.457 e. The van der Waals surface area contributed by atoms with Crippen molar-refractivity contribution in [3.05, 3.63) is 157 Å². The average Bonchev–Trinajstić information content (AvgIpc) is 3.64. The van der Waals surface area contributed by atoms with Crippen molar-refractivity contribution in [3.8, 4) is 17.3 Å². The molecule has 48 heavy (non-hydrogen) atoms. The number of allylic oxidation sites excluding steroid dienone is 2. The maximum absolute atomic E-state index is 6.60. The smallest absolute Gasteiger partial charge is 0.137 e. The summed E-state index contributed by atoms with van der Waals surface area (Å²) in [5.41, 5.74) is 8.28. The van der Waals surface area contributed by atoms with E-state index in [1.807, 2.05) is 12.3 Å². The first-order valence-corrected chi connectivity index (χ1v) is 16.8. The summed E-state index contributed by atoms with van der Waals surface area (Å²) in [5, 5.41) is 2.37. The lowest BCUT2D eigenvalue weighted by atomic mass is 9.87. The molecule has 4 aromatic carbocycles. The first-order valence-electron chi connectivity index (χ1n) is 16.8. The highest BCUT2D eigenvalue weighted by Gasteiger charge is 2.32. The van der Waals surface area contributed by atoms with Crippen LogP contribution < -0.4 is 9.64 Å². The zero-order valence-electron chi connectivity index (χ0n) is 28.1. The van der Waals surface area contributed by atoms with Gasteiger partial charge in [-0.05, 0) is 89.2 Å². The maximum Gasteiger partial charge on any atom is 0.137 e. The van der Waals surface area contributed by atoms with E-state index in [0.29, 0.717) is 5.92 Å². The first-order chi connectivity index (χ1) is 23.2. The Labute approximate surface area is 282 Å². The molecule has 0 spiro atoms. The van der Waals surface area contributed by atoms with Gasteiger partial charge in [0.2, 0.25) is 0 Å². The first kappa shape index (κ1) is 29.8. The predicted molar refractivity (Wildman–Crippen MR) is 199 cm³/mol. The second-order valence-corrected chi connectivity index (χ2v) is 14.0. The van der Waals surface area contributed by atoms with Crippen LogP contribution in [0.25, 0.3) is 33.3 Å². The Morgan fingerprint density at radius 1 is 0.729 bits per heavy atom. The van der Waals surface area contributed by atoms with Gasteiger partial charge in [0.15, 0.2) is 0 Å². The second-order valence-electron chi connectivity index (χ2n) is 14.0. The third-order valence-electron chi connectivity index (χ3n) is 9.46. The number of aromatic nitrogens is 2. The van der Waals surface area contributed by atoms with E-state index in [2.05, 4.69) is 177 Å². The molecule has 2 aliphatic rings. The van der Waals surface area contributed by atoms with E-state index in [1.54, 1.807) is 0 Å². The van der Waals surface area contributed by atoms with E-state index in [-0.39, 0.29) is 11.6 Å². The molecule has 8 rings (SSSR count). The molecule has 1 atom stereocenters. The van der Waals surface area contributed by atoms with Crippen LogP contribution in [-0.4, -0.2) is 20.6 Å².